The van der Waals surface area contributed by atoms with Gasteiger partial charge in [-0.3, -0.25) is 4.79 Å². The molecule has 5 nitrogen and oxygen atoms in total. The number of halogens is 5. The van der Waals surface area contributed by atoms with Crippen molar-refractivity contribution in [3.63, 3.8) is 0 Å². The highest BCUT2D eigenvalue weighted by atomic mass is 19.2. The fraction of sp³-hybridized carbons (Fsp3) is 0.269. The largest absolute Gasteiger partial charge is 0.484 e. The second-order valence-electron chi connectivity index (χ2n) is 8.27. The average molecular weight is 505 g/mol. The number of amides is 1. The van der Waals surface area contributed by atoms with Crippen LogP contribution in [0.5, 0.6) is 5.75 Å². The Hall–Kier alpha value is -3.82. The van der Waals surface area contributed by atoms with E-state index in [1.54, 1.807) is 24.3 Å². The van der Waals surface area contributed by atoms with Crippen LogP contribution >= 0.6 is 0 Å². The first-order chi connectivity index (χ1) is 17.3. The zero-order valence-corrected chi connectivity index (χ0v) is 19.5. The Morgan fingerprint density at radius 2 is 1.31 bits per heavy atom. The van der Waals surface area contributed by atoms with Gasteiger partial charge in [0.05, 0.1) is 0 Å². The first-order valence-corrected chi connectivity index (χ1v) is 11.4. The number of carbonyl (C=O) groups excluding carboxylic acids is 1. The molecule has 0 bridgehead atoms. The number of rotatable bonds is 7. The molecular formula is C26H24F5N3O2. The molecule has 0 spiro atoms. The van der Waals surface area contributed by atoms with Gasteiger partial charge in [-0.15, -0.1) is 0 Å². The zero-order chi connectivity index (χ0) is 25.8. The molecule has 1 heterocycles. The van der Waals surface area contributed by atoms with Crippen LogP contribution in [-0.4, -0.2) is 38.7 Å². The third-order valence-electron chi connectivity index (χ3n) is 6.00. The molecular weight excluding hydrogens is 481 g/mol. The van der Waals surface area contributed by atoms with Gasteiger partial charge in [-0.1, -0.05) is 19.1 Å². The summed E-state index contributed by atoms with van der Waals surface area (Å²) in [5.74, 6) is -9.46. The first-order valence-electron chi connectivity index (χ1n) is 11.4. The third-order valence-corrected chi connectivity index (χ3v) is 6.00. The molecule has 0 saturated carbocycles. The highest BCUT2D eigenvalue weighted by Crippen LogP contribution is 2.31. The highest BCUT2D eigenvalue weighted by molar-refractivity contribution is 5.92. The summed E-state index contributed by atoms with van der Waals surface area (Å²) >= 11 is 0. The van der Waals surface area contributed by atoms with Gasteiger partial charge in [0.2, 0.25) is 5.82 Å². The van der Waals surface area contributed by atoms with E-state index in [2.05, 4.69) is 12.2 Å². The van der Waals surface area contributed by atoms with Crippen molar-refractivity contribution in [2.24, 2.45) is 0 Å². The third kappa shape index (κ3) is 5.37. The van der Waals surface area contributed by atoms with E-state index in [1.807, 2.05) is 29.2 Å². The molecule has 0 radical (unpaired) electrons. The molecule has 0 aromatic heterocycles. The van der Waals surface area contributed by atoms with Crippen molar-refractivity contribution in [2.45, 2.75) is 13.3 Å². The summed E-state index contributed by atoms with van der Waals surface area (Å²) in [6, 6.07) is 14.5. The van der Waals surface area contributed by atoms with E-state index in [0.717, 1.165) is 17.0 Å². The number of nitrogens with zero attached hydrogens (tertiary/aromatic N) is 2. The molecule has 10 heteroatoms. The quantitative estimate of drug-likeness (QED) is 0.269. The summed E-state index contributed by atoms with van der Waals surface area (Å²) < 4.78 is 74.2. The Kier molecular flexibility index (Phi) is 7.61. The van der Waals surface area contributed by atoms with Gasteiger partial charge in [-0.05, 0) is 48.4 Å². The minimum Gasteiger partial charge on any atom is -0.484 e. The van der Waals surface area contributed by atoms with Gasteiger partial charge < -0.3 is 19.9 Å². The Labute approximate surface area is 205 Å². The van der Waals surface area contributed by atoms with Gasteiger partial charge in [0.25, 0.3) is 5.91 Å². The number of nitrogens with one attached hydrogen (secondary N) is 1. The van der Waals surface area contributed by atoms with Crippen LogP contribution in [0.4, 0.5) is 39.0 Å². The molecule has 1 aliphatic rings. The standard InChI is InChI=1S/C26H24F5N3O2/c1-2-16-3-9-19(10-4-16)36-15-20(35)32-17-5-7-18(8-6-17)33-11-13-34(14-12-33)26-24(30)22(28)21(27)23(29)25(26)31/h3-10H,2,11-15H2,1H3,(H,32,35). The maximum absolute atomic E-state index is 14.1. The number of hydrogen-bond acceptors (Lipinski definition) is 4. The molecule has 0 aliphatic carbocycles. The average Bonchev–Trinajstić information content (AvgIpc) is 2.91. The minimum absolute atomic E-state index is 0.0629. The molecule has 36 heavy (non-hydrogen) atoms. The number of carbonyl (C=O) groups is 1. The summed E-state index contributed by atoms with van der Waals surface area (Å²) in [6.45, 7) is 2.63. The lowest BCUT2D eigenvalue weighted by atomic mass is 10.2. The second-order valence-corrected chi connectivity index (χ2v) is 8.27. The van der Waals surface area contributed by atoms with Crippen molar-refractivity contribution >= 4 is 23.0 Å². The molecule has 1 N–H and O–H groups in total. The van der Waals surface area contributed by atoms with Crippen molar-refractivity contribution in [3.8, 4) is 5.75 Å². The lowest BCUT2D eigenvalue weighted by Crippen LogP contribution is -2.47. The van der Waals surface area contributed by atoms with Gasteiger partial charge in [0.1, 0.15) is 11.4 Å². The molecule has 190 valence electrons. The Bertz CT molecular complexity index is 1200. The van der Waals surface area contributed by atoms with Crippen LogP contribution in [0, 0.1) is 29.1 Å². The number of aryl methyl sites for hydroxylation is 1. The van der Waals surface area contributed by atoms with Crippen LogP contribution in [-0.2, 0) is 11.2 Å². The van der Waals surface area contributed by atoms with Crippen LogP contribution in [0.2, 0.25) is 0 Å². The maximum Gasteiger partial charge on any atom is 0.262 e. The molecule has 0 atom stereocenters. The first kappa shape index (κ1) is 25.3. The van der Waals surface area contributed by atoms with E-state index in [9.17, 15) is 26.7 Å². The molecule has 0 unspecified atom stereocenters. The number of piperazine rings is 1. The normalized spacial score (nSPS) is 13.6. The van der Waals surface area contributed by atoms with Gasteiger partial charge in [-0.25, -0.2) is 22.0 Å². The minimum atomic E-state index is -2.17. The van der Waals surface area contributed by atoms with Gasteiger partial charge in [0.15, 0.2) is 29.9 Å². The number of benzene rings is 3. The van der Waals surface area contributed by atoms with Crippen LogP contribution in [0.1, 0.15) is 12.5 Å². The molecule has 1 saturated heterocycles. The van der Waals surface area contributed by atoms with E-state index in [4.69, 9.17) is 4.74 Å². The monoisotopic (exact) mass is 505 g/mol. The van der Waals surface area contributed by atoms with Gasteiger partial charge in [0, 0.05) is 37.6 Å². The Morgan fingerprint density at radius 3 is 1.86 bits per heavy atom. The summed E-state index contributed by atoms with van der Waals surface area (Å²) in [6.07, 6.45) is 0.914. The van der Waals surface area contributed by atoms with E-state index < -0.39 is 34.8 Å². The van der Waals surface area contributed by atoms with Crippen LogP contribution in [0.15, 0.2) is 48.5 Å². The summed E-state index contributed by atoms with van der Waals surface area (Å²) in [5.41, 5.74) is 1.62. The molecule has 3 aromatic rings. The topological polar surface area (TPSA) is 44.8 Å². The van der Waals surface area contributed by atoms with Gasteiger partial charge >= 0.3 is 0 Å². The Morgan fingerprint density at radius 1 is 0.778 bits per heavy atom. The summed E-state index contributed by atoms with van der Waals surface area (Å²) in [5, 5.41) is 2.75. The van der Waals surface area contributed by atoms with E-state index >= 15 is 0 Å². The molecule has 4 rings (SSSR count). The van der Waals surface area contributed by atoms with Crippen LogP contribution in [0.25, 0.3) is 0 Å². The number of hydrogen-bond donors (Lipinski definition) is 1. The number of anilines is 3. The lowest BCUT2D eigenvalue weighted by Gasteiger charge is -2.37. The predicted molar refractivity (Wildman–Crippen MR) is 127 cm³/mol. The van der Waals surface area contributed by atoms with Crippen molar-refractivity contribution in [2.75, 3.05) is 47.9 Å². The highest BCUT2D eigenvalue weighted by Gasteiger charge is 2.30. The smallest absolute Gasteiger partial charge is 0.262 e. The van der Waals surface area contributed by atoms with Crippen LogP contribution in [0.3, 0.4) is 0 Å². The second kappa shape index (κ2) is 10.8. The van der Waals surface area contributed by atoms with Crippen molar-refractivity contribution in [1.82, 2.24) is 0 Å². The van der Waals surface area contributed by atoms with E-state index in [1.165, 1.54) is 5.56 Å². The Balaban J connectivity index is 1.31. The fourth-order valence-electron chi connectivity index (χ4n) is 3.98. The maximum atomic E-state index is 14.1. The summed E-state index contributed by atoms with van der Waals surface area (Å²) in [7, 11) is 0. The molecule has 1 amide bonds. The fourth-order valence-corrected chi connectivity index (χ4v) is 3.98. The zero-order valence-electron chi connectivity index (χ0n) is 19.5. The van der Waals surface area contributed by atoms with E-state index in [-0.39, 0.29) is 25.6 Å². The van der Waals surface area contributed by atoms with Crippen molar-refractivity contribution < 1.29 is 31.5 Å². The number of ether oxygens (including phenoxy) is 1. The predicted octanol–water partition coefficient (Wildman–Crippen LogP) is 5.29. The molecule has 3 aromatic carbocycles. The van der Waals surface area contributed by atoms with Gasteiger partial charge in [-0.2, -0.15) is 0 Å². The lowest BCUT2D eigenvalue weighted by molar-refractivity contribution is -0.118. The molecule has 1 fully saturated rings. The SMILES string of the molecule is CCc1ccc(OCC(=O)Nc2ccc(N3CCN(c4c(F)c(F)c(F)c(F)c4F)CC3)cc2)cc1. The summed E-state index contributed by atoms with van der Waals surface area (Å²) in [4.78, 5) is 15.3. The van der Waals surface area contributed by atoms with Crippen molar-refractivity contribution in [1.29, 1.82) is 0 Å². The van der Waals surface area contributed by atoms with Crippen molar-refractivity contribution in [3.05, 3.63) is 83.2 Å². The van der Waals surface area contributed by atoms with E-state index in [0.29, 0.717) is 24.5 Å². The molecule has 1 aliphatic heterocycles. The van der Waals surface area contributed by atoms with Crippen LogP contribution < -0.4 is 19.9 Å².